The van der Waals surface area contributed by atoms with Crippen molar-refractivity contribution in [2.75, 3.05) is 0 Å². The number of ether oxygens (including phenoxy) is 1. The molecule has 0 rings (SSSR count). The molecule has 0 bridgehead atoms. The Balaban J connectivity index is 4.41. The van der Waals surface area contributed by atoms with Crippen molar-refractivity contribution >= 4 is 6.09 Å². The summed E-state index contributed by atoms with van der Waals surface area (Å²) in [7, 11) is 0. The molecule has 0 saturated carbocycles. The fourth-order valence-corrected chi connectivity index (χ4v) is 1.57. The predicted octanol–water partition coefficient (Wildman–Crippen LogP) is 3.97. The van der Waals surface area contributed by atoms with E-state index in [0.29, 0.717) is 5.92 Å². The highest BCUT2D eigenvalue weighted by atomic mass is 16.6. The fourth-order valence-electron chi connectivity index (χ4n) is 1.57. The molecule has 0 aromatic heterocycles. The zero-order valence-electron chi connectivity index (χ0n) is 12.7. The van der Waals surface area contributed by atoms with Crippen molar-refractivity contribution in [1.82, 2.24) is 5.32 Å². The van der Waals surface area contributed by atoms with Gasteiger partial charge in [-0.1, -0.05) is 34.6 Å². The van der Waals surface area contributed by atoms with Crippen molar-refractivity contribution in [3.63, 3.8) is 0 Å². The molecule has 0 fully saturated rings. The smallest absolute Gasteiger partial charge is 0.407 e. The first-order valence-corrected chi connectivity index (χ1v) is 6.40. The Labute approximate surface area is 106 Å². The van der Waals surface area contributed by atoms with E-state index in [1.54, 1.807) is 0 Å². The molecule has 0 aromatic rings. The van der Waals surface area contributed by atoms with Gasteiger partial charge in [-0.2, -0.15) is 0 Å². The van der Waals surface area contributed by atoms with Gasteiger partial charge in [-0.15, -0.1) is 0 Å². The van der Waals surface area contributed by atoms with Crippen molar-refractivity contribution in [3.8, 4) is 0 Å². The zero-order valence-corrected chi connectivity index (χ0v) is 12.7. The molecule has 0 saturated heterocycles. The quantitative estimate of drug-likeness (QED) is 0.814. The Hall–Kier alpha value is -0.730. The van der Waals surface area contributed by atoms with Crippen LogP contribution < -0.4 is 5.32 Å². The standard InChI is InChI=1S/C14H29NO2/c1-10(2)11(9-13(3,4)5)15-12(16)17-14(6,7)8/h10-11H,9H2,1-8H3,(H,15,16)/t11-/m1/s1. The Kier molecular flexibility index (Phi) is 5.50. The highest BCUT2D eigenvalue weighted by molar-refractivity contribution is 5.68. The highest BCUT2D eigenvalue weighted by Gasteiger charge is 2.25. The van der Waals surface area contributed by atoms with Gasteiger partial charge < -0.3 is 10.1 Å². The van der Waals surface area contributed by atoms with Crippen LogP contribution in [0.2, 0.25) is 0 Å². The maximum atomic E-state index is 11.7. The van der Waals surface area contributed by atoms with Gasteiger partial charge >= 0.3 is 6.09 Å². The van der Waals surface area contributed by atoms with Crippen molar-refractivity contribution in [1.29, 1.82) is 0 Å². The summed E-state index contributed by atoms with van der Waals surface area (Å²) in [5.74, 6) is 0.404. The van der Waals surface area contributed by atoms with Gasteiger partial charge in [-0.3, -0.25) is 0 Å². The van der Waals surface area contributed by atoms with Crippen LogP contribution in [0.3, 0.4) is 0 Å². The van der Waals surface area contributed by atoms with E-state index >= 15 is 0 Å². The molecule has 0 unspecified atom stereocenters. The summed E-state index contributed by atoms with van der Waals surface area (Å²) in [5, 5.41) is 2.97. The normalized spacial score (nSPS) is 14.6. The van der Waals surface area contributed by atoms with Crippen LogP contribution >= 0.6 is 0 Å². The molecule has 3 heteroatoms. The predicted molar refractivity (Wildman–Crippen MR) is 72.1 cm³/mol. The summed E-state index contributed by atoms with van der Waals surface area (Å²) in [6, 6.07) is 0.157. The first kappa shape index (κ1) is 16.3. The third-order valence-electron chi connectivity index (χ3n) is 2.34. The Morgan fingerprint density at radius 1 is 1.12 bits per heavy atom. The van der Waals surface area contributed by atoms with Gasteiger partial charge in [0.15, 0.2) is 0 Å². The highest BCUT2D eigenvalue weighted by Crippen LogP contribution is 2.24. The second-order valence-corrected chi connectivity index (χ2v) is 7.26. The van der Waals surface area contributed by atoms with Crippen LogP contribution in [0.5, 0.6) is 0 Å². The summed E-state index contributed by atoms with van der Waals surface area (Å²) in [4.78, 5) is 11.7. The van der Waals surface area contributed by atoms with E-state index in [9.17, 15) is 4.79 Å². The number of rotatable bonds is 3. The Morgan fingerprint density at radius 2 is 1.59 bits per heavy atom. The monoisotopic (exact) mass is 243 g/mol. The fraction of sp³-hybridized carbons (Fsp3) is 0.929. The molecule has 102 valence electrons. The van der Waals surface area contributed by atoms with Gasteiger partial charge in [0.1, 0.15) is 5.60 Å². The van der Waals surface area contributed by atoms with Crippen LogP contribution in [0, 0.1) is 11.3 Å². The van der Waals surface area contributed by atoms with Crippen molar-refractivity contribution in [2.45, 2.75) is 73.5 Å². The second-order valence-electron chi connectivity index (χ2n) is 7.26. The molecule has 0 aliphatic rings. The third kappa shape index (κ3) is 9.02. The zero-order chi connectivity index (χ0) is 13.9. The molecule has 1 N–H and O–H groups in total. The maximum Gasteiger partial charge on any atom is 0.407 e. The molecule has 1 atom stereocenters. The van der Waals surface area contributed by atoms with E-state index in [0.717, 1.165) is 6.42 Å². The molecule has 0 radical (unpaired) electrons. The minimum absolute atomic E-state index is 0.157. The minimum Gasteiger partial charge on any atom is -0.444 e. The van der Waals surface area contributed by atoms with Crippen LogP contribution in [-0.4, -0.2) is 17.7 Å². The maximum absolute atomic E-state index is 11.7. The molecule has 3 nitrogen and oxygen atoms in total. The first-order valence-electron chi connectivity index (χ1n) is 6.40. The molecule has 0 aliphatic heterocycles. The van der Waals surface area contributed by atoms with E-state index < -0.39 is 5.60 Å². The Bertz CT molecular complexity index is 246. The lowest BCUT2D eigenvalue weighted by atomic mass is 9.84. The average Bonchev–Trinajstić information content (AvgIpc) is 1.95. The topological polar surface area (TPSA) is 38.3 Å². The second kappa shape index (κ2) is 5.74. The molecule has 0 heterocycles. The number of hydrogen-bond donors (Lipinski definition) is 1. The van der Waals surface area contributed by atoms with Crippen LogP contribution in [0.1, 0.15) is 61.8 Å². The Morgan fingerprint density at radius 3 is 1.88 bits per heavy atom. The van der Waals surface area contributed by atoms with Gasteiger partial charge in [0, 0.05) is 6.04 Å². The molecular formula is C14H29NO2. The van der Waals surface area contributed by atoms with E-state index in [4.69, 9.17) is 4.74 Å². The largest absolute Gasteiger partial charge is 0.444 e. The van der Waals surface area contributed by atoms with Crippen LogP contribution in [0.25, 0.3) is 0 Å². The number of alkyl carbamates (subject to hydrolysis) is 1. The van der Waals surface area contributed by atoms with Gasteiger partial charge in [0.25, 0.3) is 0 Å². The molecular weight excluding hydrogens is 214 g/mol. The van der Waals surface area contributed by atoms with E-state index in [-0.39, 0.29) is 17.6 Å². The molecule has 1 amide bonds. The molecule has 17 heavy (non-hydrogen) atoms. The number of carbonyl (C=O) groups excluding carboxylic acids is 1. The number of carbonyl (C=O) groups is 1. The molecule has 0 aliphatic carbocycles. The summed E-state index contributed by atoms with van der Waals surface area (Å²) in [5.41, 5.74) is -0.239. The lowest BCUT2D eigenvalue weighted by molar-refractivity contribution is 0.0475. The average molecular weight is 243 g/mol. The first-order chi connectivity index (χ1) is 7.41. The minimum atomic E-state index is -0.437. The van der Waals surface area contributed by atoms with Crippen LogP contribution in [0.4, 0.5) is 4.79 Å². The lowest BCUT2D eigenvalue weighted by Crippen LogP contribution is -2.43. The number of hydrogen-bond acceptors (Lipinski definition) is 2. The van der Waals surface area contributed by atoms with Crippen LogP contribution in [-0.2, 0) is 4.74 Å². The van der Waals surface area contributed by atoms with Gasteiger partial charge in [-0.25, -0.2) is 4.79 Å². The number of nitrogens with one attached hydrogen (secondary N) is 1. The van der Waals surface area contributed by atoms with E-state index in [1.807, 2.05) is 20.8 Å². The van der Waals surface area contributed by atoms with Crippen molar-refractivity contribution in [2.24, 2.45) is 11.3 Å². The van der Waals surface area contributed by atoms with Gasteiger partial charge in [-0.05, 0) is 38.5 Å². The van der Waals surface area contributed by atoms with Crippen LogP contribution in [0.15, 0.2) is 0 Å². The van der Waals surface area contributed by atoms with E-state index in [1.165, 1.54) is 0 Å². The summed E-state index contributed by atoms with van der Waals surface area (Å²) in [6.07, 6.45) is 0.629. The van der Waals surface area contributed by atoms with Gasteiger partial charge in [0.05, 0.1) is 0 Å². The third-order valence-corrected chi connectivity index (χ3v) is 2.34. The van der Waals surface area contributed by atoms with Crippen molar-refractivity contribution in [3.05, 3.63) is 0 Å². The summed E-state index contributed by atoms with van der Waals surface area (Å²) in [6.45, 7) is 16.4. The summed E-state index contributed by atoms with van der Waals surface area (Å²) >= 11 is 0. The SMILES string of the molecule is CC(C)[C@@H](CC(C)(C)C)NC(=O)OC(C)(C)C. The summed E-state index contributed by atoms with van der Waals surface area (Å²) < 4.78 is 5.28. The molecule has 0 spiro atoms. The van der Waals surface area contributed by atoms with Crippen molar-refractivity contribution < 1.29 is 9.53 Å². The van der Waals surface area contributed by atoms with Gasteiger partial charge in [0.2, 0.25) is 0 Å². The molecule has 0 aromatic carbocycles. The number of amides is 1. The lowest BCUT2D eigenvalue weighted by Gasteiger charge is -2.30. The van der Waals surface area contributed by atoms with E-state index in [2.05, 4.69) is 39.9 Å².